The van der Waals surface area contributed by atoms with Gasteiger partial charge in [-0.2, -0.15) is 0 Å². The van der Waals surface area contributed by atoms with Gasteiger partial charge < -0.3 is 10.5 Å². The maximum atomic E-state index is 15.1. The molecule has 0 heterocycles. The average molecular weight is 263 g/mol. The molecule has 1 atom stereocenters. The average Bonchev–Trinajstić information content (AvgIpc) is 2.47. The van der Waals surface area contributed by atoms with Crippen molar-refractivity contribution >= 4 is 0 Å². The Balaban J connectivity index is 2.53. The SMILES string of the molecule is COc1ccc(C(F)(CN)c2ccccc2)c(F)c1. The van der Waals surface area contributed by atoms with Crippen molar-refractivity contribution in [2.75, 3.05) is 13.7 Å². The molecule has 0 saturated heterocycles. The predicted octanol–water partition coefficient (Wildman–Crippen LogP) is 3.01. The van der Waals surface area contributed by atoms with E-state index in [0.717, 1.165) is 6.07 Å². The molecule has 0 aromatic heterocycles. The topological polar surface area (TPSA) is 35.2 Å². The van der Waals surface area contributed by atoms with Gasteiger partial charge in [-0.25, -0.2) is 8.78 Å². The first-order valence-corrected chi connectivity index (χ1v) is 5.90. The van der Waals surface area contributed by atoms with E-state index in [1.807, 2.05) is 0 Å². The smallest absolute Gasteiger partial charge is 0.175 e. The number of hydrogen-bond acceptors (Lipinski definition) is 2. The van der Waals surface area contributed by atoms with Crippen LogP contribution in [-0.4, -0.2) is 13.7 Å². The molecule has 0 radical (unpaired) electrons. The molecule has 2 rings (SSSR count). The van der Waals surface area contributed by atoms with Crippen molar-refractivity contribution in [3.8, 4) is 5.75 Å². The van der Waals surface area contributed by atoms with Gasteiger partial charge in [-0.15, -0.1) is 0 Å². The third kappa shape index (κ3) is 2.44. The highest BCUT2D eigenvalue weighted by molar-refractivity contribution is 5.40. The Labute approximate surface area is 110 Å². The zero-order valence-corrected chi connectivity index (χ0v) is 10.6. The van der Waals surface area contributed by atoms with E-state index >= 15 is 4.39 Å². The quantitative estimate of drug-likeness (QED) is 0.920. The Morgan fingerprint density at radius 2 is 1.84 bits per heavy atom. The summed E-state index contributed by atoms with van der Waals surface area (Å²) in [5.41, 5.74) is 3.75. The van der Waals surface area contributed by atoms with Gasteiger partial charge in [-0.1, -0.05) is 30.3 Å². The fourth-order valence-electron chi connectivity index (χ4n) is 2.03. The van der Waals surface area contributed by atoms with Gasteiger partial charge in [-0.3, -0.25) is 0 Å². The molecule has 0 amide bonds. The van der Waals surface area contributed by atoms with E-state index in [0.29, 0.717) is 11.3 Å². The van der Waals surface area contributed by atoms with Gasteiger partial charge >= 0.3 is 0 Å². The van der Waals surface area contributed by atoms with E-state index in [1.165, 1.54) is 19.2 Å². The molecule has 1 unspecified atom stereocenters. The third-order valence-electron chi connectivity index (χ3n) is 3.12. The second kappa shape index (κ2) is 5.36. The Morgan fingerprint density at radius 1 is 1.16 bits per heavy atom. The van der Waals surface area contributed by atoms with Crippen LogP contribution in [0.4, 0.5) is 8.78 Å². The summed E-state index contributed by atoms with van der Waals surface area (Å²) in [6.07, 6.45) is 0. The summed E-state index contributed by atoms with van der Waals surface area (Å²) in [7, 11) is 1.43. The van der Waals surface area contributed by atoms with Crippen molar-refractivity contribution in [1.29, 1.82) is 0 Å². The van der Waals surface area contributed by atoms with Crippen LogP contribution in [0.3, 0.4) is 0 Å². The zero-order valence-electron chi connectivity index (χ0n) is 10.6. The normalized spacial score (nSPS) is 13.9. The molecule has 0 aliphatic rings. The highest BCUT2D eigenvalue weighted by atomic mass is 19.1. The van der Waals surface area contributed by atoms with Crippen molar-refractivity contribution in [1.82, 2.24) is 0 Å². The molecule has 19 heavy (non-hydrogen) atoms. The van der Waals surface area contributed by atoms with Gasteiger partial charge in [0.2, 0.25) is 0 Å². The van der Waals surface area contributed by atoms with E-state index in [1.54, 1.807) is 30.3 Å². The van der Waals surface area contributed by atoms with Gasteiger partial charge in [0.05, 0.1) is 7.11 Å². The van der Waals surface area contributed by atoms with Crippen LogP contribution < -0.4 is 10.5 Å². The first-order valence-electron chi connectivity index (χ1n) is 5.90. The van der Waals surface area contributed by atoms with Crippen LogP contribution in [0, 0.1) is 5.82 Å². The van der Waals surface area contributed by atoms with Crippen LogP contribution in [0.5, 0.6) is 5.75 Å². The van der Waals surface area contributed by atoms with Gasteiger partial charge in [0.1, 0.15) is 11.6 Å². The second-order valence-electron chi connectivity index (χ2n) is 4.22. The Morgan fingerprint density at radius 3 is 2.37 bits per heavy atom. The molecule has 2 aromatic carbocycles. The summed E-state index contributed by atoms with van der Waals surface area (Å²) < 4.78 is 34.0. The van der Waals surface area contributed by atoms with Gasteiger partial charge in [0.15, 0.2) is 5.67 Å². The number of nitrogens with two attached hydrogens (primary N) is 1. The lowest BCUT2D eigenvalue weighted by molar-refractivity contribution is 0.224. The van der Waals surface area contributed by atoms with Crippen LogP contribution in [0.15, 0.2) is 48.5 Å². The Hall–Kier alpha value is -1.94. The van der Waals surface area contributed by atoms with Crippen molar-refractivity contribution in [3.63, 3.8) is 0 Å². The van der Waals surface area contributed by atoms with Crippen molar-refractivity contribution in [3.05, 3.63) is 65.5 Å². The lowest BCUT2D eigenvalue weighted by Gasteiger charge is -2.25. The molecule has 0 saturated carbocycles. The summed E-state index contributed by atoms with van der Waals surface area (Å²) in [5, 5.41) is 0. The van der Waals surface area contributed by atoms with E-state index < -0.39 is 11.5 Å². The van der Waals surface area contributed by atoms with E-state index in [4.69, 9.17) is 10.5 Å². The molecule has 4 heteroatoms. The number of alkyl halides is 1. The molecule has 2 aromatic rings. The number of ether oxygens (including phenoxy) is 1. The second-order valence-corrected chi connectivity index (χ2v) is 4.22. The molecule has 2 N–H and O–H groups in total. The number of halogens is 2. The molecule has 0 aliphatic carbocycles. The Bertz CT molecular complexity index is 559. The monoisotopic (exact) mass is 263 g/mol. The summed E-state index contributed by atoms with van der Waals surface area (Å²) in [6, 6.07) is 12.4. The molecule has 0 fully saturated rings. The van der Waals surface area contributed by atoms with Crippen LogP contribution in [0.2, 0.25) is 0 Å². The number of hydrogen-bond donors (Lipinski definition) is 1. The van der Waals surface area contributed by atoms with Crippen LogP contribution in [-0.2, 0) is 5.67 Å². The lowest BCUT2D eigenvalue weighted by atomic mass is 9.88. The highest BCUT2D eigenvalue weighted by Crippen LogP contribution is 2.35. The third-order valence-corrected chi connectivity index (χ3v) is 3.12. The van der Waals surface area contributed by atoms with Crippen molar-refractivity contribution in [2.24, 2.45) is 5.73 Å². The number of methoxy groups -OCH3 is 1. The van der Waals surface area contributed by atoms with E-state index in [2.05, 4.69) is 0 Å². The lowest BCUT2D eigenvalue weighted by Crippen LogP contribution is -2.32. The molecular formula is C15H15F2NO. The molecule has 0 bridgehead atoms. The van der Waals surface area contributed by atoms with Gasteiger partial charge in [0, 0.05) is 18.2 Å². The summed E-state index contributed by atoms with van der Waals surface area (Å²) in [6.45, 7) is -0.333. The highest BCUT2D eigenvalue weighted by Gasteiger charge is 2.35. The van der Waals surface area contributed by atoms with Crippen molar-refractivity contribution in [2.45, 2.75) is 5.67 Å². The summed E-state index contributed by atoms with van der Waals surface area (Å²) >= 11 is 0. The standard InChI is InChI=1S/C15H15F2NO/c1-19-12-7-8-13(14(16)9-12)15(17,10-18)11-5-3-2-4-6-11/h2-9H,10,18H2,1H3. The van der Waals surface area contributed by atoms with E-state index in [9.17, 15) is 4.39 Å². The summed E-state index contributed by atoms with van der Waals surface area (Å²) in [5.74, 6) is -0.329. The first-order chi connectivity index (χ1) is 9.11. The molecule has 0 spiro atoms. The molecule has 2 nitrogen and oxygen atoms in total. The van der Waals surface area contributed by atoms with E-state index in [-0.39, 0.29) is 12.1 Å². The fourth-order valence-corrected chi connectivity index (χ4v) is 2.03. The molecular weight excluding hydrogens is 248 g/mol. The minimum atomic E-state index is -2.04. The molecule has 0 aliphatic heterocycles. The minimum absolute atomic E-state index is 0.0815. The predicted molar refractivity (Wildman–Crippen MR) is 70.3 cm³/mol. The molecule has 100 valence electrons. The van der Waals surface area contributed by atoms with Crippen LogP contribution in [0.1, 0.15) is 11.1 Å². The maximum absolute atomic E-state index is 15.1. The summed E-state index contributed by atoms with van der Waals surface area (Å²) in [4.78, 5) is 0. The number of rotatable bonds is 4. The van der Waals surface area contributed by atoms with Crippen molar-refractivity contribution < 1.29 is 13.5 Å². The first kappa shape index (κ1) is 13.5. The largest absolute Gasteiger partial charge is 0.497 e. The zero-order chi connectivity index (χ0) is 13.9. The number of benzene rings is 2. The Kier molecular flexibility index (Phi) is 3.81. The minimum Gasteiger partial charge on any atom is -0.497 e. The van der Waals surface area contributed by atoms with Gasteiger partial charge in [0.25, 0.3) is 0 Å². The fraction of sp³-hybridized carbons (Fsp3) is 0.200. The van der Waals surface area contributed by atoms with Gasteiger partial charge in [-0.05, 0) is 17.7 Å². The van der Waals surface area contributed by atoms with Crippen LogP contribution in [0.25, 0.3) is 0 Å². The maximum Gasteiger partial charge on any atom is 0.175 e. The van der Waals surface area contributed by atoms with Crippen LogP contribution >= 0.6 is 0 Å².